The summed E-state index contributed by atoms with van der Waals surface area (Å²) in [6, 6.07) is 25.8. The van der Waals surface area contributed by atoms with Crippen LogP contribution in [0, 0.1) is 0 Å². The highest BCUT2D eigenvalue weighted by atomic mass is 16.2. The molecule has 2 N–H and O–H groups in total. The van der Waals surface area contributed by atoms with Crippen LogP contribution in [0.4, 0.5) is 5.69 Å². The van der Waals surface area contributed by atoms with Crippen molar-refractivity contribution in [1.82, 2.24) is 9.88 Å². The van der Waals surface area contributed by atoms with Crippen molar-refractivity contribution < 1.29 is 9.59 Å². The average Bonchev–Trinajstić information content (AvgIpc) is 3.70. The first kappa shape index (κ1) is 23.0. The van der Waals surface area contributed by atoms with E-state index in [4.69, 9.17) is 0 Å². The second-order valence-corrected chi connectivity index (χ2v) is 9.76. The Balaban J connectivity index is 1.13. The van der Waals surface area contributed by atoms with Gasteiger partial charge >= 0.3 is 0 Å². The maximum atomic E-state index is 13.1. The molecule has 1 aliphatic heterocycles. The number of carbonyl (C=O) groups excluding carboxylic acids is 2. The molecule has 1 aromatic heterocycles. The van der Waals surface area contributed by atoms with Crippen molar-refractivity contribution in [1.29, 1.82) is 0 Å². The molecule has 0 radical (unpaired) electrons. The van der Waals surface area contributed by atoms with E-state index in [2.05, 4.69) is 52.8 Å². The topological polar surface area (TPSA) is 65.2 Å². The predicted molar refractivity (Wildman–Crippen MR) is 149 cm³/mol. The highest BCUT2D eigenvalue weighted by molar-refractivity contribution is 5.98. The molecule has 4 aromatic rings. The quantitative estimate of drug-likeness (QED) is 0.333. The minimum atomic E-state index is -0.427. The fourth-order valence-corrected chi connectivity index (χ4v) is 5.31. The molecule has 0 unspecified atom stereocenters. The lowest BCUT2D eigenvalue weighted by Crippen LogP contribution is -2.43. The first-order valence-electron chi connectivity index (χ1n) is 12.9. The summed E-state index contributed by atoms with van der Waals surface area (Å²) in [5, 5.41) is 4.19. The molecular weight excluding hydrogens is 458 g/mol. The summed E-state index contributed by atoms with van der Waals surface area (Å²) in [5.41, 5.74) is 7.38. The largest absolute Gasteiger partial charge is 0.355 e. The number of carbonyl (C=O) groups is 2. The zero-order chi connectivity index (χ0) is 25.2. The number of allylic oxidation sites excluding steroid dienone is 4. The van der Waals surface area contributed by atoms with Gasteiger partial charge in [-0.2, -0.15) is 0 Å². The molecule has 184 valence electrons. The van der Waals surface area contributed by atoms with Crippen molar-refractivity contribution in [3.8, 4) is 11.3 Å². The standard InChI is InChI=1S/C32H29N3O2/c36-31(19-22-7-2-1-3-8-22)35-18-6-11-30(35)32(37)33-27-15-12-24(13-16-27)29-21-26-20-25(14-17-28(26)34-29)23-9-4-5-10-23/h1-4,7-10,12-17,20-21,30,34H,5-6,11,18-19H2,(H,33,37)/t30-/m0/s1. The summed E-state index contributed by atoms with van der Waals surface area (Å²) >= 11 is 0. The van der Waals surface area contributed by atoms with Gasteiger partial charge < -0.3 is 15.2 Å². The van der Waals surface area contributed by atoms with Gasteiger partial charge in [0.1, 0.15) is 6.04 Å². The Labute approximate surface area is 216 Å². The van der Waals surface area contributed by atoms with E-state index in [-0.39, 0.29) is 11.8 Å². The van der Waals surface area contributed by atoms with E-state index in [1.807, 2.05) is 54.6 Å². The summed E-state index contributed by atoms with van der Waals surface area (Å²) in [4.78, 5) is 31.2. The number of hydrogen-bond acceptors (Lipinski definition) is 2. The third kappa shape index (κ3) is 4.85. The van der Waals surface area contributed by atoms with Gasteiger partial charge in [-0.25, -0.2) is 0 Å². The van der Waals surface area contributed by atoms with Crippen LogP contribution < -0.4 is 5.32 Å². The Morgan fingerprint density at radius 2 is 1.76 bits per heavy atom. The fourth-order valence-electron chi connectivity index (χ4n) is 5.31. The van der Waals surface area contributed by atoms with Gasteiger partial charge in [0, 0.05) is 28.8 Å². The summed E-state index contributed by atoms with van der Waals surface area (Å²) in [5.74, 6) is -0.124. The number of likely N-dealkylation sites (tertiary alicyclic amines) is 1. The van der Waals surface area contributed by atoms with Crippen molar-refractivity contribution in [3.63, 3.8) is 0 Å². The lowest BCUT2D eigenvalue weighted by molar-refractivity contribution is -0.136. The van der Waals surface area contributed by atoms with Crippen LogP contribution in [0.5, 0.6) is 0 Å². The molecular formula is C32H29N3O2. The second-order valence-electron chi connectivity index (χ2n) is 9.76. The van der Waals surface area contributed by atoms with Crippen molar-refractivity contribution in [2.45, 2.75) is 31.7 Å². The van der Waals surface area contributed by atoms with Gasteiger partial charge in [-0.3, -0.25) is 9.59 Å². The van der Waals surface area contributed by atoms with Crippen LogP contribution in [-0.2, 0) is 16.0 Å². The summed E-state index contributed by atoms with van der Waals surface area (Å²) in [6.07, 6.45) is 9.44. The normalized spacial score (nSPS) is 16.8. The number of anilines is 1. The molecule has 0 saturated carbocycles. The van der Waals surface area contributed by atoms with Crippen LogP contribution in [0.2, 0.25) is 0 Å². The van der Waals surface area contributed by atoms with Gasteiger partial charge in [0.25, 0.3) is 0 Å². The molecule has 3 aromatic carbocycles. The van der Waals surface area contributed by atoms with E-state index in [1.165, 1.54) is 16.5 Å². The third-order valence-corrected chi connectivity index (χ3v) is 7.26. The Hall–Kier alpha value is -4.38. The Bertz CT molecular complexity index is 1510. The summed E-state index contributed by atoms with van der Waals surface area (Å²) in [6.45, 7) is 0.623. The molecule has 0 spiro atoms. The number of H-pyrrole nitrogens is 1. The number of nitrogens with one attached hydrogen (secondary N) is 2. The van der Waals surface area contributed by atoms with Gasteiger partial charge in [0.05, 0.1) is 6.42 Å². The van der Waals surface area contributed by atoms with E-state index in [9.17, 15) is 9.59 Å². The zero-order valence-electron chi connectivity index (χ0n) is 20.6. The molecule has 1 saturated heterocycles. The fraction of sp³-hybridized carbons (Fsp3) is 0.188. The van der Waals surface area contributed by atoms with Gasteiger partial charge in [-0.1, -0.05) is 66.8 Å². The molecule has 1 fully saturated rings. The van der Waals surface area contributed by atoms with E-state index in [1.54, 1.807) is 4.90 Å². The summed E-state index contributed by atoms with van der Waals surface area (Å²) < 4.78 is 0. The number of rotatable bonds is 6. The molecule has 2 amide bonds. The van der Waals surface area contributed by atoms with E-state index < -0.39 is 6.04 Å². The molecule has 2 heterocycles. The van der Waals surface area contributed by atoms with Crippen LogP contribution in [0.15, 0.2) is 97.1 Å². The van der Waals surface area contributed by atoms with Crippen LogP contribution in [0.3, 0.4) is 0 Å². The van der Waals surface area contributed by atoms with Crippen molar-refractivity contribution in [2.24, 2.45) is 0 Å². The molecule has 1 atom stereocenters. The first-order valence-corrected chi connectivity index (χ1v) is 12.9. The molecule has 5 heteroatoms. The van der Waals surface area contributed by atoms with E-state index >= 15 is 0 Å². The van der Waals surface area contributed by atoms with E-state index in [0.29, 0.717) is 19.4 Å². The SMILES string of the molecule is O=C(Nc1ccc(-c2cc3cc(C4=CCC=C4)ccc3[nH]2)cc1)[C@@H]1CCCN1C(=O)Cc1ccccc1. The highest BCUT2D eigenvalue weighted by Gasteiger charge is 2.33. The number of aromatic nitrogens is 1. The monoisotopic (exact) mass is 487 g/mol. The maximum Gasteiger partial charge on any atom is 0.247 e. The molecule has 5 nitrogen and oxygen atoms in total. The smallest absolute Gasteiger partial charge is 0.247 e. The minimum absolute atomic E-state index is 0.00131. The van der Waals surface area contributed by atoms with Crippen LogP contribution >= 0.6 is 0 Å². The third-order valence-electron chi connectivity index (χ3n) is 7.26. The number of hydrogen-bond donors (Lipinski definition) is 2. The summed E-state index contributed by atoms with van der Waals surface area (Å²) in [7, 11) is 0. The Kier molecular flexibility index (Phi) is 6.19. The first-order chi connectivity index (χ1) is 18.1. The van der Waals surface area contributed by atoms with Gasteiger partial charge in [-0.15, -0.1) is 0 Å². The number of fused-ring (bicyclic) bond motifs is 1. The molecule has 6 rings (SSSR count). The minimum Gasteiger partial charge on any atom is -0.355 e. The van der Waals surface area contributed by atoms with Crippen LogP contribution in [0.25, 0.3) is 27.7 Å². The highest BCUT2D eigenvalue weighted by Crippen LogP contribution is 2.29. The maximum absolute atomic E-state index is 13.1. The molecule has 0 bridgehead atoms. The van der Waals surface area contributed by atoms with Crippen molar-refractivity contribution in [3.05, 3.63) is 108 Å². The Morgan fingerprint density at radius 3 is 2.54 bits per heavy atom. The second kappa shape index (κ2) is 9.94. The van der Waals surface area contributed by atoms with Crippen molar-refractivity contribution in [2.75, 3.05) is 11.9 Å². The predicted octanol–water partition coefficient (Wildman–Crippen LogP) is 6.35. The van der Waals surface area contributed by atoms with Gasteiger partial charge in [0.15, 0.2) is 0 Å². The molecule has 37 heavy (non-hydrogen) atoms. The number of nitrogens with zero attached hydrogens (tertiary/aromatic N) is 1. The van der Waals surface area contributed by atoms with Crippen molar-refractivity contribution >= 4 is 34.0 Å². The van der Waals surface area contributed by atoms with Gasteiger partial charge in [-0.05, 0) is 71.9 Å². The molecule has 1 aliphatic carbocycles. The van der Waals surface area contributed by atoms with Gasteiger partial charge in [0.2, 0.25) is 11.8 Å². The average molecular weight is 488 g/mol. The Morgan fingerprint density at radius 1 is 0.946 bits per heavy atom. The lowest BCUT2D eigenvalue weighted by Gasteiger charge is -2.24. The van der Waals surface area contributed by atoms with Crippen LogP contribution in [-0.4, -0.2) is 34.3 Å². The zero-order valence-corrected chi connectivity index (χ0v) is 20.6. The van der Waals surface area contributed by atoms with Crippen LogP contribution in [0.1, 0.15) is 30.4 Å². The number of aromatic amines is 1. The molecule has 2 aliphatic rings. The number of amides is 2. The number of benzene rings is 3. The lowest BCUT2D eigenvalue weighted by atomic mass is 10.1. The van der Waals surface area contributed by atoms with E-state index in [0.717, 1.165) is 40.9 Å².